The third kappa shape index (κ3) is 5.94. The van der Waals surface area contributed by atoms with Gasteiger partial charge in [-0.25, -0.2) is 14.7 Å². The molecule has 1 amide bonds. The highest BCUT2D eigenvalue weighted by Gasteiger charge is 2.35. The Morgan fingerprint density at radius 2 is 2.16 bits per heavy atom. The number of fused-ring (bicyclic) bond motifs is 1. The summed E-state index contributed by atoms with van der Waals surface area (Å²) in [6.45, 7) is 0.397. The fourth-order valence-corrected chi connectivity index (χ4v) is 4.70. The molecule has 2 aromatic rings. The topological polar surface area (TPSA) is 103 Å². The molecule has 1 N–H and O–H groups in total. The van der Waals surface area contributed by atoms with Crippen LogP contribution < -0.4 is 4.74 Å². The molecule has 2 aromatic heterocycles. The number of ether oxygens (including phenoxy) is 4. The number of cyclic esters (lactones) is 1. The van der Waals surface area contributed by atoms with E-state index in [9.17, 15) is 9.90 Å². The number of nitrogens with zero attached hydrogens (tertiary/aromatic N) is 3. The highest BCUT2D eigenvalue weighted by atomic mass is 16.6. The van der Waals surface area contributed by atoms with Crippen molar-refractivity contribution < 1.29 is 28.8 Å². The van der Waals surface area contributed by atoms with Gasteiger partial charge in [0.05, 0.1) is 30.8 Å². The van der Waals surface area contributed by atoms with Crippen molar-refractivity contribution in [2.24, 2.45) is 0 Å². The van der Waals surface area contributed by atoms with Gasteiger partial charge in [0.25, 0.3) is 0 Å². The molecule has 2 aliphatic heterocycles. The van der Waals surface area contributed by atoms with E-state index in [0.717, 1.165) is 31.2 Å². The van der Waals surface area contributed by atoms with Crippen LogP contribution in [-0.4, -0.2) is 45.8 Å². The normalized spacial score (nSPS) is 19.9. The molecule has 1 saturated heterocycles. The second kappa shape index (κ2) is 11.5. The molecule has 5 rings (SSSR count). The van der Waals surface area contributed by atoms with Crippen LogP contribution in [0.2, 0.25) is 0 Å². The zero-order valence-corrected chi connectivity index (χ0v) is 20.8. The fraction of sp³-hybridized carbons (Fsp3) is 0.393. The molecular weight excluding hydrogens is 474 g/mol. The smallest absolute Gasteiger partial charge is 0.417 e. The molecule has 0 radical (unpaired) electrons. The number of aromatic nitrogens is 2. The number of allylic oxidation sites excluding steroid dienone is 4. The Morgan fingerprint density at radius 3 is 3.00 bits per heavy atom. The van der Waals surface area contributed by atoms with E-state index in [2.05, 4.69) is 28.2 Å². The molecular formula is C28H31N3O6. The lowest BCUT2D eigenvalue weighted by molar-refractivity contribution is 0.113. The first-order valence-corrected chi connectivity index (χ1v) is 12.6. The molecule has 0 bridgehead atoms. The molecule has 2 atom stereocenters. The molecule has 1 fully saturated rings. The van der Waals surface area contributed by atoms with Gasteiger partial charge in [0.2, 0.25) is 11.8 Å². The SMILES string of the molecule is COc1ccc2nccc(C(O)CCCCC3CN(C4=COC=C(CC5=CC=CCC5)O4)C(=O)O3)c2n1. The van der Waals surface area contributed by atoms with E-state index >= 15 is 0 Å². The number of amides is 1. The summed E-state index contributed by atoms with van der Waals surface area (Å²) in [6, 6.07) is 5.37. The van der Waals surface area contributed by atoms with Crippen LogP contribution in [0.15, 0.2) is 72.4 Å². The summed E-state index contributed by atoms with van der Waals surface area (Å²) in [5.41, 5.74) is 3.34. The molecule has 9 heteroatoms. The predicted molar refractivity (Wildman–Crippen MR) is 136 cm³/mol. The van der Waals surface area contributed by atoms with Gasteiger partial charge in [-0.15, -0.1) is 0 Å². The van der Waals surface area contributed by atoms with Crippen LogP contribution in [0.3, 0.4) is 0 Å². The van der Waals surface area contributed by atoms with Gasteiger partial charge in [0, 0.05) is 24.2 Å². The molecule has 0 spiro atoms. The number of rotatable bonds is 10. The Bertz CT molecular complexity index is 1270. The van der Waals surface area contributed by atoms with E-state index in [1.54, 1.807) is 31.7 Å². The number of methoxy groups -OCH3 is 1. The van der Waals surface area contributed by atoms with Crippen molar-refractivity contribution in [2.75, 3.05) is 13.7 Å². The Balaban J connectivity index is 1.09. The lowest BCUT2D eigenvalue weighted by Crippen LogP contribution is -2.27. The lowest BCUT2D eigenvalue weighted by Gasteiger charge is -2.22. The Hall–Kier alpha value is -3.85. The van der Waals surface area contributed by atoms with E-state index in [4.69, 9.17) is 18.9 Å². The average Bonchev–Trinajstić information content (AvgIpc) is 3.31. The van der Waals surface area contributed by atoms with Crippen LogP contribution >= 0.6 is 0 Å². The standard InChI is InChI=1S/C28H31N3O6/c1-34-25-12-11-23-27(30-25)22(13-14-29-23)24(32)10-6-5-9-20-16-31(28(33)37-20)26-18-35-17-21(36-26)15-19-7-3-2-4-8-19/h2-3,7,11-14,17-18,20,24,32H,4-6,8-10,15-16H2,1H3. The van der Waals surface area contributed by atoms with E-state index in [-0.39, 0.29) is 6.10 Å². The quantitative estimate of drug-likeness (QED) is 0.428. The van der Waals surface area contributed by atoms with Gasteiger partial charge in [-0.3, -0.25) is 4.98 Å². The van der Waals surface area contributed by atoms with Crippen LogP contribution in [0.4, 0.5) is 4.79 Å². The maximum Gasteiger partial charge on any atom is 0.417 e. The van der Waals surface area contributed by atoms with E-state index in [0.29, 0.717) is 54.4 Å². The second-order valence-corrected chi connectivity index (χ2v) is 9.29. The van der Waals surface area contributed by atoms with Gasteiger partial charge in [-0.05, 0) is 44.2 Å². The number of aliphatic hydroxyl groups is 1. The minimum atomic E-state index is -0.675. The van der Waals surface area contributed by atoms with Gasteiger partial charge >= 0.3 is 6.09 Å². The number of pyridine rings is 2. The summed E-state index contributed by atoms with van der Waals surface area (Å²) in [5.74, 6) is 1.50. The number of unbranched alkanes of at least 4 members (excludes halogenated alkanes) is 1. The first-order chi connectivity index (χ1) is 18.1. The molecule has 9 nitrogen and oxygen atoms in total. The summed E-state index contributed by atoms with van der Waals surface area (Å²) in [4.78, 5) is 22.8. The summed E-state index contributed by atoms with van der Waals surface area (Å²) in [5, 5.41) is 10.8. The average molecular weight is 506 g/mol. The third-order valence-corrected chi connectivity index (χ3v) is 6.66. The number of carbonyl (C=O) groups excluding carboxylic acids is 1. The van der Waals surface area contributed by atoms with Crippen molar-refractivity contribution in [3.05, 3.63) is 77.9 Å². The first kappa shape index (κ1) is 24.8. The van der Waals surface area contributed by atoms with Crippen LogP contribution in [0.25, 0.3) is 11.0 Å². The van der Waals surface area contributed by atoms with Crippen molar-refractivity contribution in [3.8, 4) is 5.88 Å². The molecule has 194 valence electrons. The predicted octanol–water partition coefficient (Wildman–Crippen LogP) is 5.41. The van der Waals surface area contributed by atoms with Gasteiger partial charge in [0.1, 0.15) is 18.1 Å². The van der Waals surface area contributed by atoms with Gasteiger partial charge in [-0.1, -0.05) is 30.2 Å². The molecule has 0 aromatic carbocycles. The molecule has 3 aliphatic rings. The maximum absolute atomic E-state index is 12.5. The number of aliphatic hydroxyl groups excluding tert-OH is 1. The largest absolute Gasteiger partial charge is 0.481 e. The second-order valence-electron chi connectivity index (χ2n) is 9.29. The highest BCUT2D eigenvalue weighted by Crippen LogP contribution is 2.30. The van der Waals surface area contributed by atoms with E-state index in [1.165, 1.54) is 16.7 Å². The first-order valence-electron chi connectivity index (χ1n) is 12.6. The van der Waals surface area contributed by atoms with Crippen LogP contribution in [0.5, 0.6) is 5.88 Å². The van der Waals surface area contributed by atoms with Gasteiger partial charge in [0.15, 0.2) is 6.26 Å². The fourth-order valence-electron chi connectivity index (χ4n) is 4.70. The number of carbonyl (C=O) groups is 1. The summed E-state index contributed by atoms with van der Waals surface area (Å²) in [7, 11) is 1.56. The molecule has 4 heterocycles. The third-order valence-electron chi connectivity index (χ3n) is 6.66. The lowest BCUT2D eigenvalue weighted by atomic mass is 10.0. The maximum atomic E-state index is 12.5. The highest BCUT2D eigenvalue weighted by molar-refractivity contribution is 5.78. The molecule has 2 unspecified atom stereocenters. The van der Waals surface area contributed by atoms with Gasteiger partial charge in [-0.2, -0.15) is 0 Å². The molecule has 0 saturated carbocycles. The van der Waals surface area contributed by atoms with Crippen molar-refractivity contribution in [1.82, 2.24) is 14.9 Å². The Morgan fingerprint density at radius 1 is 1.24 bits per heavy atom. The Kier molecular flexibility index (Phi) is 7.70. The number of hydrogen-bond donors (Lipinski definition) is 1. The minimum absolute atomic E-state index is 0.248. The van der Waals surface area contributed by atoms with Gasteiger partial charge < -0.3 is 24.1 Å². The van der Waals surface area contributed by atoms with Crippen LogP contribution in [0.1, 0.15) is 56.6 Å². The van der Waals surface area contributed by atoms with Crippen molar-refractivity contribution >= 4 is 17.1 Å². The Labute approximate surface area is 215 Å². The molecule has 37 heavy (non-hydrogen) atoms. The minimum Gasteiger partial charge on any atom is -0.481 e. The zero-order valence-electron chi connectivity index (χ0n) is 20.8. The zero-order chi connectivity index (χ0) is 25.6. The van der Waals surface area contributed by atoms with Crippen LogP contribution in [0, 0.1) is 0 Å². The summed E-state index contributed by atoms with van der Waals surface area (Å²) < 4.78 is 22.2. The monoisotopic (exact) mass is 505 g/mol. The van der Waals surface area contributed by atoms with Crippen molar-refractivity contribution in [3.63, 3.8) is 0 Å². The summed E-state index contributed by atoms with van der Waals surface area (Å²) in [6.07, 6.45) is 15.1. The number of hydrogen-bond acceptors (Lipinski definition) is 8. The summed E-state index contributed by atoms with van der Waals surface area (Å²) >= 11 is 0. The van der Waals surface area contributed by atoms with E-state index < -0.39 is 12.2 Å². The van der Waals surface area contributed by atoms with Crippen molar-refractivity contribution in [1.29, 1.82) is 0 Å². The molecule has 1 aliphatic carbocycles. The van der Waals surface area contributed by atoms with Crippen molar-refractivity contribution in [2.45, 2.75) is 57.2 Å². The van der Waals surface area contributed by atoms with Crippen LogP contribution in [-0.2, 0) is 14.2 Å². The van der Waals surface area contributed by atoms with E-state index in [1.807, 2.05) is 6.07 Å².